The highest BCUT2D eigenvalue weighted by Crippen LogP contribution is 2.32. The zero-order valence-corrected chi connectivity index (χ0v) is 19.8. The normalized spacial score (nSPS) is 16.1. The summed E-state index contributed by atoms with van der Waals surface area (Å²) in [6.45, 7) is 0.150. The predicted octanol–water partition coefficient (Wildman–Crippen LogP) is 5.85. The molecular weight excluding hydrogens is 522 g/mol. The molecule has 1 aliphatic rings. The lowest BCUT2D eigenvalue weighted by molar-refractivity contribution is -0.138. The smallest absolute Gasteiger partial charge is 0.350 e. The molecule has 2 heterocycles. The van der Waals surface area contributed by atoms with Crippen molar-refractivity contribution in [1.82, 2.24) is 15.2 Å². The number of alkyl halides is 6. The van der Waals surface area contributed by atoms with Gasteiger partial charge in [0.2, 0.25) is 5.91 Å². The second-order valence-electron chi connectivity index (χ2n) is 8.31. The second kappa shape index (κ2) is 10.4. The third-order valence-corrected chi connectivity index (χ3v) is 6.46. The van der Waals surface area contributed by atoms with Crippen LogP contribution in [0, 0.1) is 0 Å². The first-order chi connectivity index (χ1) is 17.4. The number of carbonyl (C=O) groups excluding carboxylic acids is 2. The fourth-order valence-electron chi connectivity index (χ4n) is 3.92. The van der Waals surface area contributed by atoms with Gasteiger partial charge in [-0.05, 0) is 48.7 Å². The third kappa shape index (κ3) is 6.40. The zero-order chi connectivity index (χ0) is 26.8. The first-order valence-corrected chi connectivity index (χ1v) is 11.9. The van der Waals surface area contributed by atoms with E-state index in [1.54, 1.807) is 0 Å². The first-order valence-electron chi connectivity index (χ1n) is 11.1. The van der Waals surface area contributed by atoms with Crippen molar-refractivity contribution in [3.05, 3.63) is 76.3 Å². The molecule has 0 saturated carbocycles. The van der Waals surface area contributed by atoms with E-state index >= 15 is 0 Å². The Hall–Kier alpha value is -3.61. The SMILES string of the molecule is O=C(NCc1cccc(C(F)(F)F)c1)[C@H]1CCCN1C(=O)c1csc(Nc2cccc(C(F)(F)F)c2)n1. The van der Waals surface area contributed by atoms with E-state index in [1.165, 1.54) is 34.5 Å². The number of hydrogen-bond acceptors (Lipinski definition) is 5. The van der Waals surface area contributed by atoms with E-state index in [0.29, 0.717) is 12.8 Å². The molecule has 1 saturated heterocycles. The van der Waals surface area contributed by atoms with Crippen LogP contribution in [0.3, 0.4) is 0 Å². The van der Waals surface area contributed by atoms with Gasteiger partial charge >= 0.3 is 12.4 Å². The molecule has 0 bridgehead atoms. The van der Waals surface area contributed by atoms with Crippen molar-refractivity contribution in [3.8, 4) is 0 Å². The Balaban J connectivity index is 1.39. The Morgan fingerprint density at radius 1 is 1.00 bits per heavy atom. The Labute approximate surface area is 211 Å². The minimum atomic E-state index is -4.51. The van der Waals surface area contributed by atoms with Gasteiger partial charge in [0.15, 0.2) is 5.13 Å². The molecule has 6 nitrogen and oxygen atoms in total. The predicted molar refractivity (Wildman–Crippen MR) is 124 cm³/mol. The Kier molecular flexibility index (Phi) is 7.44. The number of benzene rings is 2. The van der Waals surface area contributed by atoms with Gasteiger partial charge in [-0.3, -0.25) is 9.59 Å². The molecule has 3 aromatic rings. The van der Waals surface area contributed by atoms with Crippen LogP contribution in [-0.4, -0.2) is 34.3 Å². The summed E-state index contributed by atoms with van der Waals surface area (Å²) in [4.78, 5) is 31.3. The summed E-state index contributed by atoms with van der Waals surface area (Å²) in [5.74, 6) is -1.02. The minimum absolute atomic E-state index is 0.0251. The number of anilines is 2. The van der Waals surface area contributed by atoms with Gasteiger partial charge in [-0.15, -0.1) is 11.3 Å². The van der Waals surface area contributed by atoms with Crippen molar-refractivity contribution >= 4 is 34.0 Å². The zero-order valence-electron chi connectivity index (χ0n) is 19.0. The maximum Gasteiger partial charge on any atom is 0.416 e. The van der Waals surface area contributed by atoms with Gasteiger partial charge in [0.05, 0.1) is 11.1 Å². The average molecular weight is 543 g/mol. The van der Waals surface area contributed by atoms with Gasteiger partial charge in [-0.2, -0.15) is 26.3 Å². The number of nitrogens with one attached hydrogen (secondary N) is 2. The summed E-state index contributed by atoms with van der Waals surface area (Å²) < 4.78 is 77.6. The van der Waals surface area contributed by atoms with Crippen LogP contribution in [0.25, 0.3) is 0 Å². The fourth-order valence-corrected chi connectivity index (χ4v) is 4.62. The number of carbonyl (C=O) groups is 2. The molecule has 0 spiro atoms. The van der Waals surface area contributed by atoms with Crippen molar-refractivity contribution in [2.24, 2.45) is 0 Å². The van der Waals surface area contributed by atoms with E-state index in [1.807, 2.05) is 0 Å². The largest absolute Gasteiger partial charge is 0.416 e. The summed E-state index contributed by atoms with van der Waals surface area (Å²) in [5, 5.41) is 6.98. The molecule has 4 rings (SSSR count). The highest BCUT2D eigenvalue weighted by atomic mass is 32.1. The van der Waals surface area contributed by atoms with E-state index in [9.17, 15) is 35.9 Å². The van der Waals surface area contributed by atoms with E-state index in [0.717, 1.165) is 35.6 Å². The van der Waals surface area contributed by atoms with E-state index in [2.05, 4.69) is 15.6 Å². The molecule has 1 fully saturated rings. The lowest BCUT2D eigenvalue weighted by Gasteiger charge is -2.23. The number of likely N-dealkylation sites (tertiary alicyclic amines) is 1. The van der Waals surface area contributed by atoms with E-state index < -0.39 is 41.3 Å². The lowest BCUT2D eigenvalue weighted by Crippen LogP contribution is -2.45. The van der Waals surface area contributed by atoms with Gasteiger partial charge in [-0.1, -0.05) is 18.2 Å². The highest BCUT2D eigenvalue weighted by Gasteiger charge is 2.36. The molecule has 1 atom stereocenters. The van der Waals surface area contributed by atoms with Crippen LogP contribution < -0.4 is 10.6 Å². The van der Waals surface area contributed by atoms with Gasteiger partial charge in [0.1, 0.15) is 11.7 Å². The summed E-state index contributed by atoms with van der Waals surface area (Å²) in [5.41, 5.74) is -1.21. The van der Waals surface area contributed by atoms with Crippen molar-refractivity contribution in [1.29, 1.82) is 0 Å². The molecule has 0 unspecified atom stereocenters. The number of amides is 2. The molecule has 37 heavy (non-hydrogen) atoms. The van der Waals surface area contributed by atoms with E-state index in [4.69, 9.17) is 0 Å². The van der Waals surface area contributed by atoms with Gasteiger partial charge in [0.25, 0.3) is 5.91 Å². The standard InChI is InChI=1S/C24H20F6N4O2S/c25-23(26,27)15-5-1-4-14(10-15)12-31-20(35)19-8-3-9-34(19)21(36)18-13-37-22(33-18)32-17-7-2-6-16(11-17)24(28,29)30/h1-2,4-7,10-11,13,19H,3,8-9,12H2,(H,31,35)(H,32,33)/t19-/m1/s1. The second-order valence-corrected chi connectivity index (χ2v) is 9.17. The molecule has 13 heteroatoms. The van der Waals surface area contributed by atoms with Crippen LogP contribution in [0.5, 0.6) is 0 Å². The monoisotopic (exact) mass is 542 g/mol. The maximum absolute atomic E-state index is 13.0. The van der Waals surface area contributed by atoms with Crippen LogP contribution in [0.4, 0.5) is 37.2 Å². The lowest BCUT2D eigenvalue weighted by atomic mass is 10.1. The van der Waals surface area contributed by atoms with Crippen molar-refractivity contribution in [2.45, 2.75) is 37.8 Å². The van der Waals surface area contributed by atoms with Gasteiger partial charge in [-0.25, -0.2) is 4.98 Å². The number of nitrogens with zero attached hydrogens (tertiary/aromatic N) is 2. The van der Waals surface area contributed by atoms with Crippen LogP contribution in [0.15, 0.2) is 53.9 Å². The van der Waals surface area contributed by atoms with Crippen LogP contribution in [0.2, 0.25) is 0 Å². The van der Waals surface area contributed by atoms with Crippen LogP contribution in [0.1, 0.15) is 40.0 Å². The maximum atomic E-state index is 13.0. The summed E-state index contributed by atoms with van der Waals surface area (Å²) in [6.07, 6.45) is -8.09. The molecular formula is C24H20F6N4O2S. The number of aromatic nitrogens is 1. The number of hydrogen-bond donors (Lipinski definition) is 2. The molecule has 2 aromatic carbocycles. The van der Waals surface area contributed by atoms with Crippen LogP contribution in [-0.2, 0) is 23.7 Å². The molecule has 0 aliphatic carbocycles. The van der Waals surface area contributed by atoms with Gasteiger partial charge in [0, 0.05) is 24.2 Å². The van der Waals surface area contributed by atoms with Gasteiger partial charge < -0.3 is 15.5 Å². The van der Waals surface area contributed by atoms with Crippen molar-refractivity contribution in [3.63, 3.8) is 0 Å². The summed E-state index contributed by atoms with van der Waals surface area (Å²) in [7, 11) is 0. The Morgan fingerprint density at radius 2 is 1.68 bits per heavy atom. The number of thiazole rings is 1. The molecule has 1 aromatic heterocycles. The van der Waals surface area contributed by atoms with E-state index in [-0.39, 0.29) is 35.2 Å². The molecule has 196 valence electrons. The van der Waals surface area contributed by atoms with Crippen molar-refractivity contribution in [2.75, 3.05) is 11.9 Å². The van der Waals surface area contributed by atoms with Crippen LogP contribution >= 0.6 is 11.3 Å². The highest BCUT2D eigenvalue weighted by molar-refractivity contribution is 7.14. The minimum Gasteiger partial charge on any atom is -0.350 e. The number of halogens is 6. The first kappa shape index (κ1) is 26.5. The summed E-state index contributed by atoms with van der Waals surface area (Å²) in [6, 6.07) is 8.32. The third-order valence-electron chi connectivity index (χ3n) is 5.70. The Bertz CT molecular complexity index is 1290. The number of rotatable bonds is 6. The molecule has 1 aliphatic heterocycles. The topological polar surface area (TPSA) is 74.3 Å². The summed E-state index contributed by atoms with van der Waals surface area (Å²) >= 11 is 1.02. The Morgan fingerprint density at radius 3 is 2.38 bits per heavy atom. The average Bonchev–Trinajstić information content (AvgIpc) is 3.52. The molecule has 0 radical (unpaired) electrons. The quantitative estimate of drug-likeness (QED) is 0.384. The van der Waals surface area contributed by atoms with Crippen molar-refractivity contribution < 1.29 is 35.9 Å². The molecule has 2 amide bonds. The fraction of sp³-hybridized carbons (Fsp3) is 0.292. The molecule has 2 N–H and O–H groups in total.